The van der Waals surface area contributed by atoms with Gasteiger partial charge in [-0.05, 0) is 56.9 Å². The normalized spacial score (nSPS) is 23.0. The Morgan fingerprint density at radius 2 is 1.78 bits per heavy atom. The van der Waals surface area contributed by atoms with Crippen LogP contribution >= 0.6 is 0 Å². The lowest BCUT2D eigenvalue weighted by molar-refractivity contribution is -0.132. The molecule has 2 aliphatic rings. The second-order valence-electron chi connectivity index (χ2n) is 9.09. The van der Waals surface area contributed by atoms with Crippen molar-refractivity contribution in [1.29, 1.82) is 0 Å². The van der Waals surface area contributed by atoms with Crippen molar-refractivity contribution in [2.75, 3.05) is 52.5 Å². The maximum absolute atomic E-state index is 12.2. The van der Waals surface area contributed by atoms with Crippen molar-refractivity contribution in [1.82, 2.24) is 14.7 Å². The van der Waals surface area contributed by atoms with Crippen LogP contribution in [0.15, 0.2) is 18.2 Å². The minimum atomic E-state index is -1.18. The van der Waals surface area contributed by atoms with Crippen molar-refractivity contribution in [2.45, 2.75) is 52.2 Å². The molecule has 0 radical (unpaired) electrons. The first-order valence-electron chi connectivity index (χ1n) is 11.5. The number of nitrogens with zero attached hydrogens (tertiary/aromatic N) is 3. The second kappa shape index (κ2) is 10.5. The number of carbonyl (C=O) groups is 2. The number of aryl methyl sites for hydroxylation is 2. The number of piperidine rings is 1. The summed E-state index contributed by atoms with van der Waals surface area (Å²) < 4.78 is 11.1. The molecule has 2 amide bonds. The molecule has 8 heteroatoms. The van der Waals surface area contributed by atoms with Gasteiger partial charge in [0.2, 0.25) is 5.91 Å². The summed E-state index contributed by atoms with van der Waals surface area (Å²) in [5.41, 5.74) is 1.14. The molecule has 2 heterocycles. The van der Waals surface area contributed by atoms with E-state index in [1.165, 1.54) is 12.5 Å². The fraction of sp³-hybridized carbons (Fsp3) is 0.667. The highest BCUT2D eigenvalue weighted by Gasteiger charge is 2.39. The molecule has 2 fully saturated rings. The van der Waals surface area contributed by atoms with E-state index in [0.29, 0.717) is 39.3 Å². The maximum Gasteiger partial charge on any atom is 0.409 e. The minimum Gasteiger partial charge on any atom is -0.490 e. The van der Waals surface area contributed by atoms with Gasteiger partial charge in [-0.15, -0.1) is 0 Å². The van der Waals surface area contributed by atoms with E-state index in [1.54, 1.807) is 9.80 Å². The average Bonchev–Trinajstić information content (AvgIpc) is 2.95. The summed E-state index contributed by atoms with van der Waals surface area (Å²) in [6.07, 6.45) is 1.36. The number of ether oxygens (including phenoxy) is 2. The molecule has 0 aliphatic carbocycles. The number of rotatable bonds is 5. The number of benzene rings is 1. The number of β-amino-alcohol motifs (C(OH)–C–C–N with tert-alkyl or cyclic N) is 1. The first-order chi connectivity index (χ1) is 15.2. The Morgan fingerprint density at radius 3 is 2.41 bits per heavy atom. The molecular formula is C24H37N3O5. The van der Waals surface area contributed by atoms with E-state index in [0.717, 1.165) is 24.2 Å². The SMILES string of the molecule is CCOC(=O)N1CCC(N2CCN(C(C)=O)C[C@](O)(COc3ccc(C)c(C)c3)C2)CC1. The summed E-state index contributed by atoms with van der Waals surface area (Å²) in [6.45, 7) is 11.1. The second-order valence-corrected chi connectivity index (χ2v) is 9.09. The van der Waals surface area contributed by atoms with Crippen molar-refractivity contribution >= 4 is 12.0 Å². The highest BCUT2D eigenvalue weighted by atomic mass is 16.6. The van der Waals surface area contributed by atoms with E-state index in [2.05, 4.69) is 4.90 Å². The van der Waals surface area contributed by atoms with E-state index in [-0.39, 0.29) is 31.2 Å². The predicted octanol–water partition coefficient (Wildman–Crippen LogP) is 2.20. The predicted molar refractivity (Wildman–Crippen MR) is 122 cm³/mol. The first kappa shape index (κ1) is 24.3. The lowest BCUT2D eigenvalue weighted by Crippen LogP contribution is -2.55. The fourth-order valence-corrected chi connectivity index (χ4v) is 4.51. The third-order valence-electron chi connectivity index (χ3n) is 6.58. The van der Waals surface area contributed by atoms with Gasteiger partial charge >= 0.3 is 6.09 Å². The quantitative estimate of drug-likeness (QED) is 0.745. The summed E-state index contributed by atoms with van der Waals surface area (Å²) in [4.78, 5) is 29.9. The van der Waals surface area contributed by atoms with Crippen LogP contribution in [0.2, 0.25) is 0 Å². The number of hydrogen-bond donors (Lipinski definition) is 1. The molecule has 0 aromatic heterocycles. The van der Waals surface area contributed by atoms with Crippen molar-refractivity contribution in [3.63, 3.8) is 0 Å². The first-order valence-corrected chi connectivity index (χ1v) is 11.5. The molecule has 1 atom stereocenters. The average molecular weight is 448 g/mol. The molecule has 1 aromatic carbocycles. The molecule has 0 bridgehead atoms. The molecule has 1 aromatic rings. The monoisotopic (exact) mass is 447 g/mol. The molecule has 1 N–H and O–H groups in total. The molecule has 0 spiro atoms. The maximum atomic E-state index is 12.2. The summed E-state index contributed by atoms with van der Waals surface area (Å²) in [6, 6.07) is 6.13. The highest BCUT2D eigenvalue weighted by molar-refractivity contribution is 5.73. The van der Waals surface area contributed by atoms with Crippen LogP contribution in [0, 0.1) is 13.8 Å². The smallest absolute Gasteiger partial charge is 0.409 e. The highest BCUT2D eigenvalue weighted by Crippen LogP contribution is 2.24. The van der Waals surface area contributed by atoms with Crippen molar-refractivity contribution < 1.29 is 24.2 Å². The summed E-state index contributed by atoms with van der Waals surface area (Å²) in [7, 11) is 0. The largest absolute Gasteiger partial charge is 0.490 e. The topological polar surface area (TPSA) is 82.6 Å². The van der Waals surface area contributed by atoms with Gasteiger partial charge in [-0.1, -0.05) is 6.07 Å². The molecule has 3 rings (SSSR count). The van der Waals surface area contributed by atoms with Gasteiger partial charge in [0.25, 0.3) is 0 Å². The standard InChI is InChI=1S/C24H37N3O5/c1-5-31-23(29)25-10-8-21(9-11-25)27-13-12-26(20(4)28)15-24(30,16-27)17-32-22-7-6-18(2)19(3)14-22/h6-7,14,21,30H,5,8-13,15-17H2,1-4H3/t24-/m1/s1. The number of aliphatic hydroxyl groups is 1. The van der Waals surface area contributed by atoms with Gasteiger partial charge in [0.05, 0.1) is 13.2 Å². The molecule has 178 valence electrons. The number of amides is 2. The number of carbonyl (C=O) groups excluding carboxylic acids is 2. The van der Waals surface area contributed by atoms with Crippen LogP contribution in [-0.2, 0) is 9.53 Å². The Kier molecular flexibility index (Phi) is 8.00. The minimum absolute atomic E-state index is 0.0476. The van der Waals surface area contributed by atoms with E-state index in [1.807, 2.05) is 39.0 Å². The Bertz CT molecular complexity index is 809. The van der Waals surface area contributed by atoms with E-state index >= 15 is 0 Å². The third-order valence-corrected chi connectivity index (χ3v) is 6.58. The number of likely N-dealkylation sites (tertiary alicyclic amines) is 1. The van der Waals surface area contributed by atoms with Crippen LogP contribution in [0.3, 0.4) is 0 Å². The van der Waals surface area contributed by atoms with Gasteiger partial charge in [-0.25, -0.2) is 4.79 Å². The summed E-state index contributed by atoms with van der Waals surface area (Å²) in [5, 5.41) is 11.5. The Balaban J connectivity index is 1.67. The van der Waals surface area contributed by atoms with Crippen molar-refractivity contribution in [3.05, 3.63) is 29.3 Å². The Hall–Kier alpha value is -2.32. The molecule has 8 nitrogen and oxygen atoms in total. The van der Waals surface area contributed by atoms with Crippen molar-refractivity contribution in [3.8, 4) is 5.75 Å². The molecule has 2 aliphatic heterocycles. The van der Waals surface area contributed by atoms with Gasteiger partial charge in [-0.2, -0.15) is 0 Å². The summed E-state index contributed by atoms with van der Waals surface area (Å²) in [5.74, 6) is 0.669. The van der Waals surface area contributed by atoms with Crippen LogP contribution in [0.1, 0.15) is 37.8 Å². The van der Waals surface area contributed by atoms with Crippen LogP contribution in [-0.4, -0.2) is 95.9 Å². The van der Waals surface area contributed by atoms with Crippen LogP contribution in [0.25, 0.3) is 0 Å². The number of hydrogen-bond acceptors (Lipinski definition) is 6. The van der Waals surface area contributed by atoms with E-state index < -0.39 is 5.60 Å². The zero-order valence-electron chi connectivity index (χ0n) is 19.8. The Morgan fingerprint density at radius 1 is 1.06 bits per heavy atom. The molecule has 0 unspecified atom stereocenters. The zero-order chi connectivity index (χ0) is 23.3. The molecule has 32 heavy (non-hydrogen) atoms. The van der Waals surface area contributed by atoms with Gasteiger partial charge < -0.3 is 24.4 Å². The lowest BCUT2D eigenvalue weighted by Gasteiger charge is -2.40. The third kappa shape index (κ3) is 6.13. The van der Waals surface area contributed by atoms with E-state index in [9.17, 15) is 14.7 Å². The van der Waals surface area contributed by atoms with Gasteiger partial charge in [0.15, 0.2) is 0 Å². The van der Waals surface area contributed by atoms with Crippen LogP contribution in [0.5, 0.6) is 5.75 Å². The van der Waals surface area contributed by atoms with Gasteiger partial charge in [0.1, 0.15) is 18.0 Å². The van der Waals surface area contributed by atoms with Crippen LogP contribution in [0.4, 0.5) is 4.79 Å². The lowest BCUT2D eigenvalue weighted by atomic mass is 9.99. The van der Waals surface area contributed by atoms with Crippen molar-refractivity contribution in [2.24, 2.45) is 0 Å². The van der Waals surface area contributed by atoms with Gasteiger partial charge in [0, 0.05) is 45.7 Å². The van der Waals surface area contributed by atoms with E-state index in [4.69, 9.17) is 9.47 Å². The molecule has 0 saturated carbocycles. The van der Waals surface area contributed by atoms with Crippen LogP contribution < -0.4 is 4.74 Å². The summed E-state index contributed by atoms with van der Waals surface area (Å²) >= 11 is 0. The Labute approximate surface area is 191 Å². The molecule has 2 saturated heterocycles. The molecular weight excluding hydrogens is 410 g/mol. The zero-order valence-corrected chi connectivity index (χ0v) is 19.8. The fourth-order valence-electron chi connectivity index (χ4n) is 4.51. The van der Waals surface area contributed by atoms with Gasteiger partial charge in [-0.3, -0.25) is 9.69 Å².